The Labute approximate surface area is 169 Å². The quantitative estimate of drug-likeness (QED) is 0.698. The number of carbonyl (C=O) groups excluding carboxylic acids is 1. The van der Waals surface area contributed by atoms with Crippen LogP contribution in [0.3, 0.4) is 0 Å². The molecule has 152 valence electrons. The minimum absolute atomic E-state index is 0.271. The third kappa shape index (κ3) is 2.55. The van der Waals surface area contributed by atoms with Crippen LogP contribution in [0.15, 0.2) is 24.8 Å². The van der Waals surface area contributed by atoms with E-state index in [0.29, 0.717) is 16.7 Å². The highest BCUT2D eigenvalue weighted by Gasteiger charge is 2.58. The van der Waals surface area contributed by atoms with Crippen LogP contribution in [0.25, 0.3) is 5.70 Å². The van der Waals surface area contributed by atoms with Gasteiger partial charge in [0.05, 0.1) is 6.33 Å². The molecule has 1 amide bonds. The molecule has 4 aliphatic rings. The molecule has 0 unspecified atom stereocenters. The minimum atomic E-state index is 0.271. The Morgan fingerprint density at radius 3 is 2.79 bits per heavy atom. The molecule has 1 aromatic heterocycles. The fraction of sp³-hybridized carbons (Fsp3) is 0.750. The molecule has 1 aromatic rings. The summed E-state index contributed by atoms with van der Waals surface area (Å²) in [6.07, 6.45) is 17.5. The maximum Gasteiger partial charge on any atom is 0.219 e. The molecular weight excluding hydrogens is 346 g/mol. The summed E-state index contributed by atoms with van der Waals surface area (Å²) in [5.74, 6) is 3.39. The van der Waals surface area contributed by atoms with Crippen LogP contribution in [0, 0.1) is 34.5 Å². The smallest absolute Gasteiger partial charge is 0.219 e. The van der Waals surface area contributed by atoms with E-state index >= 15 is 0 Å². The molecule has 6 atom stereocenters. The molecule has 3 aliphatic carbocycles. The molecule has 1 saturated heterocycles. The van der Waals surface area contributed by atoms with E-state index < -0.39 is 0 Å². The molecule has 4 heteroatoms. The Balaban J connectivity index is 1.42. The van der Waals surface area contributed by atoms with Crippen molar-refractivity contribution in [3.63, 3.8) is 0 Å². The van der Waals surface area contributed by atoms with Gasteiger partial charge >= 0.3 is 0 Å². The molecule has 0 radical (unpaired) electrons. The van der Waals surface area contributed by atoms with E-state index in [4.69, 9.17) is 0 Å². The number of hydrogen-bond acceptors (Lipinski definition) is 2. The van der Waals surface area contributed by atoms with Crippen LogP contribution < -0.4 is 0 Å². The number of allylic oxidation sites excluding steroid dienone is 2. The summed E-state index contributed by atoms with van der Waals surface area (Å²) in [7, 11) is 0. The maximum absolute atomic E-state index is 12.1. The average Bonchev–Trinajstić information content (AvgIpc) is 3.25. The van der Waals surface area contributed by atoms with Crippen molar-refractivity contribution in [3.8, 4) is 0 Å². The summed E-state index contributed by atoms with van der Waals surface area (Å²) in [6.45, 7) is 8.82. The number of nitrogens with zero attached hydrogens (tertiary/aromatic N) is 3. The zero-order valence-corrected chi connectivity index (χ0v) is 17.7. The summed E-state index contributed by atoms with van der Waals surface area (Å²) in [5, 5.41) is 0. The van der Waals surface area contributed by atoms with Gasteiger partial charge in [-0.05, 0) is 74.0 Å². The monoisotopic (exact) mass is 381 g/mol. The van der Waals surface area contributed by atoms with E-state index in [2.05, 4.69) is 40.6 Å². The molecule has 4 nitrogen and oxygen atoms in total. The van der Waals surface area contributed by atoms with Crippen LogP contribution in [-0.2, 0) is 4.79 Å². The summed E-state index contributed by atoms with van der Waals surface area (Å²) in [6, 6.07) is 0. The second-order valence-electron chi connectivity index (χ2n) is 10.5. The lowest BCUT2D eigenvalue weighted by Crippen LogP contribution is -2.52. The van der Waals surface area contributed by atoms with Crippen molar-refractivity contribution in [2.75, 3.05) is 13.1 Å². The lowest BCUT2D eigenvalue weighted by molar-refractivity contribution is -0.131. The first-order chi connectivity index (χ1) is 13.4. The lowest BCUT2D eigenvalue weighted by atomic mass is 9.47. The molecule has 0 aromatic carbocycles. The fourth-order valence-corrected chi connectivity index (χ4v) is 7.87. The van der Waals surface area contributed by atoms with Crippen molar-refractivity contribution in [1.82, 2.24) is 14.5 Å². The molecule has 5 rings (SSSR count). The van der Waals surface area contributed by atoms with Crippen LogP contribution in [0.2, 0.25) is 0 Å². The number of rotatable bonds is 1. The first-order valence-corrected chi connectivity index (χ1v) is 11.4. The van der Waals surface area contributed by atoms with Gasteiger partial charge in [0.25, 0.3) is 0 Å². The van der Waals surface area contributed by atoms with Crippen molar-refractivity contribution in [2.45, 2.75) is 65.7 Å². The Kier molecular flexibility index (Phi) is 4.26. The van der Waals surface area contributed by atoms with Crippen LogP contribution in [0.4, 0.5) is 0 Å². The van der Waals surface area contributed by atoms with Gasteiger partial charge in [-0.25, -0.2) is 4.98 Å². The van der Waals surface area contributed by atoms with E-state index in [1.807, 2.05) is 12.5 Å². The molecule has 0 bridgehead atoms. The van der Waals surface area contributed by atoms with Crippen LogP contribution in [0.1, 0.15) is 65.7 Å². The third-order valence-electron chi connectivity index (χ3n) is 9.42. The first-order valence-electron chi connectivity index (χ1n) is 11.4. The van der Waals surface area contributed by atoms with Gasteiger partial charge in [0.15, 0.2) is 0 Å². The number of hydrogen-bond donors (Lipinski definition) is 0. The summed E-state index contributed by atoms with van der Waals surface area (Å²) in [5.41, 5.74) is 2.19. The number of amides is 1. The molecule has 0 N–H and O–H groups in total. The maximum atomic E-state index is 12.1. The van der Waals surface area contributed by atoms with Gasteiger partial charge in [0.1, 0.15) is 0 Å². The topological polar surface area (TPSA) is 38.1 Å². The van der Waals surface area contributed by atoms with E-state index in [1.54, 1.807) is 6.92 Å². The molecule has 0 spiro atoms. The standard InChI is InChI=1S/C24H35N3O/c1-17(28)26-13-4-10-23(2)18(15-26)5-6-19-20-7-8-22(27-14-12-25-16-27)24(20,3)11-9-21(19)23/h8,12,14,16,18-21H,4-7,9-11,13,15H2,1-3H3/t18-,19-,20-,21-,23-,24-/m0/s1. The zero-order chi connectivity index (χ0) is 19.5. The normalized spacial score (nSPS) is 42.8. The average molecular weight is 382 g/mol. The Morgan fingerprint density at radius 1 is 1.18 bits per heavy atom. The highest BCUT2D eigenvalue weighted by molar-refractivity contribution is 5.73. The Hall–Kier alpha value is -1.58. The zero-order valence-electron chi connectivity index (χ0n) is 17.7. The van der Waals surface area contributed by atoms with E-state index in [9.17, 15) is 4.79 Å². The molecule has 1 aliphatic heterocycles. The summed E-state index contributed by atoms with van der Waals surface area (Å²) in [4.78, 5) is 18.5. The second kappa shape index (κ2) is 6.47. The predicted octanol–water partition coefficient (Wildman–Crippen LogP) is 4.84. The predicted molar refractivity (Wildman–Crippen MR) is 111 cm³/mol. The Bertz CT molecular complexity index is 784. The van der Waals surface area contributed by atoms with E-state index in [0.717, 1.165) is 30.8 Å². The largest absolute Gasteiger partial charge is 0.343 e. The number of imidazole rings is 1. The van der Waals surface area contributed by atoms with Crippen LogP contribution in [0.5, 0.6) is 0 Å². The highest BCUT2D eigenvalue weighted by Crippen LogP contribution is 2.65. The van der Waals surface area contributed by atoms with Gasteiger partial charge in [-0.15, -0.1) is 0 Å². The molecule has 2 saturated carbocycles. The van der Waals surface area contributed by atoms with E-state index in [1.165, 1.54) is 50.6 Å². The molecule has 3 fully saturated rings. The van der Waals surface area contributed by atoms with Crippen molar-refractivity contribution in [3.05, 3.63) is 24.8 Å². The summed E-state index contributed by atoms with van der Waals surface area (Å²) >= 11 is 0. The van der Waals surface area contributed by atoms with Crippen molar-refractivity contribution in [1.29, 1.82) is 0 Å². The molecule has 28 heavy (non-hydrogen) atoms. The Morgan fingerprint density at radius 2 is 2.04 bits per heavy atom. The van der Waals surface area contributed by atoms with Gasteiger partial charge in [-0.2, -0.15) is 0 Å². The van der Waals surface area contributed by atoms with Gasteiger partial charge in [0.2, 0.25) is 5.91 Å². The number of aromatic nitrogens is 2. The highest BCUT2D eigenvalue weighted by atomic mass is 16.2. The molecule has 2 heterocycles. The van der Waals surface area contributed by atoms with Gasteiger partial charge in [0, 0.05) is 43.5 Å². The number of carbonyl (C=O) groups is 1. The van der Waals surface area contributed by atoms with E-state index in [-0.39, 0.29) is 5.91 Å². The SMILES string of the molecule is CC(=O)N1CCC[C@@]2(C)[C@@H](CC[C@@H]3[C@@H]2CC[C@]2(C)C(n4ccnc4)=CC[C@@H]32)C1. The molecular formula is C24H35N3O. The third-order valence-corrected chi connectivity index (χ3v) is 9.42. The first kappa shape index (κ1) is 18.4. The lowest BCUT2D eigenvalue weighted by Gasteiger charge is -2.58. The number of fused-ring (bicyclic) bond motifs is 5. The fourth-order valence-electron chi connectivity index (χ4n) is 7.87. The summed E-state index contributed by atoms with van der Waals surface area (Å²) < 4.78 is 2.27. The van der Waals surface area contributed by atoms with Gasteiger partial charge in [-0.1, -0.05) is 19.9 Å². The second-order valence-corrected chi connectivity index (χ2v) is 10.5. The van der Waals surface area contributed by atoms with Gasteiger partial charge < -0.3 is 9.47 Å². The number of likely N-dealkylation sites (tertiary alicyclic amines) is 1. The van der Waals surface area contributed by atoms with Crippen LogP contribution >= 0.6 is 0 Å². The van der Waals surface area contributed by atoms with Crippen molar-refractivity contribution < 1.29 is 4.79 Å². The van der Waals surface area contributed by atoms with Crippen LogP contribution in [-0.4, -0.2) is 33.4 Å². The van der Waals surface area contributed by atoms with Crippen molar-refractivity contribution in [2.24, 2.45) is 34.5 Å². The van der Waals surface area contributed by atoms with Gasteiger partial charge in [-0.3, -0.25) is 4.79 Å². The van der Waals surface area contributed by atoms with Crippen molar-refractivity contribution >= 4 is 11.6 Å². The minimum Gasteiger partial charge on any atom is -0.343 e.